The Bertz CT molecular complexity index is 650. The summed E-state index contributed by atoms with van der Waals surface area (Å²) in [5.74, 6) is 2.46. The Kier molecular flexibility index (Phi) is 10.5. The first-order chi connectivity index (χ1) is 15.7. The monoisotopic (exact) mass is 494 g/mol. The Morgan fingerprint density at radius 2 is 1.74 bits per heavy atom. The zero-order valence-electron chi connectivity index (χ0n) is 24.6. The van der Waals surface area contributed by atoms with Crippen molar-refractivity contribution in [2.24, 2.45) is 29.1 Å². The molecule has 34 heavy (non-hydrogen) atoms. The second-order valence-electron chi connectivity index (χ2n) is 13.8. The fraction of sp³-hybridized carbons (Fsp3) is 0.933. The lowest BCUT2D eigenvalue weighted by Crippen LogP contribution is -2.50. The third-order valence-corrected chi connectivity index (χ3v) is 14.5. The van der Waals surface area contributed by atoms with Crippen LogP contribution in [0.3, 0.4) is 0 Å². The number of unbranched alkanes of at least 4 members (excludes halogenated alkanes) is 1. The second kappa shape index (κ2) is 11.9. The molecule has 0 aromatic carbocycles. The highest BCUT2D eigenvalue weighted by Crippen LogP contribution is 2.59. The van der Waals surface area contributed by atoms with E-state index in [0.717, 1.165) is 5.92 Å². The molecule has 0 unspecified atom stereocenters. The van der Waals surface area contributed by atoms with E-state index in [-0.39, 0.29) is 10.6 Å². The summed E-state index contributed by atoms with van der Waals surface area (Å²) in [7, 11) is -0.0408. The van der Waals surface area contributed by atoms with Crippen LogP contribution in [-0.2, 0) is 13.9 Å². The lowest BCUT2D eigenvalue weighted by atomic mass is 9.62. The number of allylic oxidation sites excluding steroid dienone is 1. The predicted octanol–water partition coefficient (Wildman–Crippen LogP) is 8.99. The summed E-state index contributed by atoms with van der Waals surface area (Å²) in [6, 6.07) is 0. The highest BCUT2D eigenvalue weighted by atomic mass is 28.4. The molecule has 0 aromatic heterocycles. The van der Waals surface area contributed by atoms with Crippen LogP contribution in [0.25, 0.3) is 0 Å². The first-order valence-electron chi connectivity index (χ1n) is 14.2. The molecule has 6 atom stereocenters. The van der Waals surface area contributed by atoms with Gasteiger partial charge in [-0.3, -0.25) is 0 Å². The van der Waals surface area contributed by atoms with Gasteiger partial charge in [-0.1, -0.05) is 73.0 Å². The minimum Gasteiger partial charge on any atom is -0.414 e. The summed E-state index contributed by atoms with van der Waals surface area (Å²) in [6.07, 6.45) is 15.7. The van der Waals surface area contributed by atoms with Crippen molar-refractivity contribution < 1.29 is 13.9 Å². The average Bonchev–Trinajstić information content (AvgIpc) is 3.09. The van der Waals surface area contributed by atoms with E-state index >= 15 is 0 Å². The number of hydrogen-bond acceptors (Lipinski definition) is 3. The van der Waals surface area contributed by atoms with E-state index in [2.05, 4.69) is 80.6 Å². The number of methoxy groups -OCH3 is 1. The van der Waals surface area contributed by atoms with Crippen LogP contribution >= 0.6 is 0 Å². The first kappa shape index (κ1) is 30.1. The fourth-order valence-electron chi connectivity index (χ4n) is 6.58. The van der Waals surface area contributed by atoms with Gasteiger partial charge < -0.3 is 13.9 Å². The van der Waals surface area contributed by atoms with E-state index in [1.54, 1.807) is 7.11 Å². The van der Waals surface area contributed by atoms with Crippen molar-refractivity contribution in [2.45, 2.75) is 137 Å². The van der Waals surface area contributed by atoms with E-state index in [1.807, 2.05) is 0 Å². The van der Waals surface area contributed by atoms with E-state index in [0.29, 0.717) is 36.1 Å². The minimum atomic E-state index is -1.75. The molecule has 0 saturated heterocycles. The summed E-state index contributed by atoms with van der Waals surface area (Å²) in [4.78, 5) is 0. The van der Waals surface area contributed by atoms with Crippen LogP contribution in [0.5, 0.6) is 0 Å². The molecule has 2 rings (SSSR count). The van der Waals surface area contributed by atoms with Crippen LogP contribution in [0.1, 0.15) is 107 Å². The molecule has 0 N–H and O–H groups in total. The minimum absolute atomic E-state index is 0.212. The van der Waals surface area contributed by atoms with Crippen molar-refractivity contribution in [3.63, 3.8) is 0 Å². The molecular weight excluding hydrogens is 436 g/mol. The van der Waals surface area contributed by atoms with Crippen molar-refractivity contribution >= 4 is 8.32 Å². The molecule has 2 aliphatic rings. The molecule has 0 amide bonds. The third-order valence-electron chi connectivity index (χ3n) is 9.98. The number of fused-ring (bicyclic) bond motifs is 1. The molecule has 0 radical (unpaired) electrons. The van der Waals surface area contributed by atoms with Gasteiger partial charge in [0.1, 0.15) is 6.79 Å². The lowest BCUT2D eigenvalue weighted by molar-refractivity contribution is -0.132. The summed E-state index contributed by atoms with van der Waals surface area (Å²) >= 11 is 0. The summed E-state index contributed by atoms with van der Waals surface area (Å²) in [6.45, 7) is 24.1. The van der Waals surface area contributed by atoms with Gasteiger partial charge in [0, 0.05) is 19.1 Å². The van der Waals surface area contributed by atoms with Crippen molar-refractivity contribution in [1.82, 2.24) is 0 Å². The first-order valence-corrected chi connectivity index (χ1v) is 17.1. The molecule has 0 heterocycles. The zero-order valence-corrected chi connectivity index (χ0v) is 25.6. The van der Waals surface area contributed by atoms with E-state index in [4.69, 9.17) is 13.9 Å². The zero-order chi connectivity index (χ0) is 25.8. The molecule has 2 aliphatic carbocycles. The SMILES string of the molecule is CCCC[C@@H](/C=C/[C@@H](C)[C@H]1CC[C@H]2[C@@H](O[Si](C)(C)C(C)(C)C)CCC[C@]12C)C(C)(C)OCOC. The molecule has 2 saturated carbocycles. The normalized spacial score (nSPS) is 30.5. The smallest absolute Gasteiger partial charge is 0.192 e. The summed E-state index contributed by atoms with van der Waals surface area (Å²) in [5.41, 5.74) is 0.187. The van der Waals surface area contributed by atoms with Crippen LogP contribution in [-0.4, -0.2) is 33.9 Å². The predicted molar refractivity (Wildman–Crippen MR) is 149 cm³/mol. The molecule has 0 aliphatic heterocycles. The molecule has 0 aromatic rings. The van der Waals surface area contributed by atoms with Gasteiger partial charge in [0.2, 0.25) is 0 Å². The third kappa shape index (κ3) is 6.98. The van der Waals surface area contributed by atoms with Crippen molar-refractivity contribution in [1.29, 1.82) is 0 Å². The average molecular weight is 495 g/mol. The Hall–Kier alpha value is -0.163. The highest BCUT2D eigenvalue weighted by Gasteiger charge is 2.54. The highest BCUT2D eigenvalue weighted by molar-refractivity contribution is 6.74. The molecule has 4 heteroatoms. The van der Waals surface area contributed by atoms with Gasteiger partial charge in [0.05, 0.1) is 5.60 Å². The van der Waals surface area contributed by atoms with Gasteiger partial charge >= 0.3 is 0 Å². The van der Waals surface area contributed by atoms with Crippen molar-refractivity contribution in [3.05, 3.63) is 12.2 Å². The van der Waals surface area contributed by atoms with Gasteiger partial charge in [-0.15, -0.1) is 0 Å². The van der Waals surface area contributed by atoms with E-state index in [1.165, 1.54) is 51.4 Å². The van der Waals surface area contributed by atoms with Crippen LogP contribution < -0.4 is 0 Å². The van der Waals surface area contributed by atoms with Crippen LogP contribution in [0.4, 0.5) is 0 Å². The molecule has 200 valence electrons. The molecular formula is C30H58O3Si. The van der Waals surface area contributed by atoms with Crippen molar-refractivity contribution in [2.75, 3.05) is 13.9 Å². The largest absolute Gasteiger partial charge is 0.414 e. The maximum absolute atomic E-state index is 7.07. The van der Waals surface area contributed by atoms with E-state index < -0.39 is 8.32 Å². The Labute approximate surface area is 213 Å². The molecule has 0 bridgehead atoms. The van der Waals surface area contributed by atoms with Crippen LogP contribution in [0.15, 0.2) is 12.2 Å². The topological polar surface area (TPSA) is 27.7 Å². The van der Waals surface area contributed by atoms with Gasteiger partial charge in [-0.25, -0.2) is 0 Å². The van der Waals surface area contributed by atoms with Gasteiger partial charge in [0.25, 0.3) is 0 Å². The maximum Gasteiger partial charge on any atom is 0.192 e. The Morgan fingerprint density at radius 1 is 1.06 bits per heavy atom. The fourth-order valence-corrected chi connectivity index (χ4v) is 7.97. The number of rotatable bonds is 12. The Balaban J connectivity index is 2.15. The summed E-state index contributed by atoms with van der Waals surface area (Å²) < 4.78 is 18.4. The summed E-state index contributed by atoms with van der Waals surface area (Å²) in [5, 5.41) is 0.278. The number of ether oxygens (including phenoxy) is 2. The van der Waals surface area contributed by atoms with Crippen LogP contribution in [0, 0.1) is 29.1 Å². The van der Waals surface area contributed by atoms with Gasteiger partial charge in [-0.2, -0.15) is 0 Å². The molecule has 2 fully saturated rings. The van der Waals surface area contributed by atoms with Gasteiger partial charge in [-0.05, 0) is 87.3 Å². The lowest BCUT2D eigenvalue weighted by Gasteiger charge is -2.49. The maximum atomic E-state index is 7.07. The standard InChI is InChI=1S/C30H58O3Si/c1-12-13-15-24(29(6,7)32-22-31-9)18-17-23(2)25-19-20-26-27(16-14-21-30(25,26)8)33-34(10,11)28(3,4)5/h17-18,23-27H,12-16,19-22H2,1-11H3/b18-17+/t23-,24+,25-,26+,27+,30-/m1/s1. The molecule has 3 nitrogen and oxygen atoms in total. The number of hydrogen-bond donors (Lipinski definition) is 0. The molecule has 0 spiro atoms. The van der Waals surface area contributed by atoms with Crippen molar-refractivity contribution in [3.8, 4) is 0 Å². The van der Waals surface area contributed by atoms with Crippen LogP contribution in [0.2, 0.25) is 18.1 Å². The quantitative estimate of drug-likeness (QED) is 0.154. The Morgan fingerprint density at radius 3 is 2.32 bits per heavy atom. The van der Waals surface area contributed by atoms with E-state index in [9.17, 15) is 0 Å². The second-order valence-corrected chi connectivity index (χ2v) is 18.5. The van der Waals surface area contributed by atoms with Gasteiger partial charge in [0.15, 0.2) is 8.32 Å².